The minimum Gasteiger partial charge on any atom is -0.744 e. The monoisotopic (exact) mass is 700 g/mol. The summed E-state index contributed by atoms with van der Waals surface area (Å²) in [6, 6.07) is 23.8. The van der Waals surface area contributed by atoms with Gasteiger partial charge in [0, 0.05) is 15.4 Å². The summed E-state index contributed by atoms with van der Waals surface area (Å²) in [6.45, 7) is 4.87. The van der Waals surface area contributed by atoms with Crippen LogP contribution >= 0.6 is 11.8 Å². The van der Waals surface area contributed by atoms with Gasteiger partial charge >= 0.3 is 29.6 Å². The second-order valence-corrected chi connectivity index (χ2v) is 14.3. The molecule has 0 spiro atoms. The van der Waals surface area contributed by atoms with Crippen molar-refractivity contribution in [2.45, 2.75) is 98.5 Å². The predicted octanol–water partition coefficient (Wildman–Crippen LogP) is 5.64. The SMILES string of the molecule is CCCCCCCC(O)Cc1ccc(O)c(C(O)c2ccccc2-c2ccc(Sc3ccc(OCCCC)cc3)c(S(=O)(=O)[O-])c2)c1.[Na+]. The van der Waals surface area contributed by atoms with Gasteiger partial charge in [-0.25, -0.2) is 8.42 Å². The van der Waals surface area contributed by atoms with Gasteiger partial charge in [0.2, 0.25) is 0 Å². The predicted molar refractivity (Wildman–Crippen MR) is 186 cm³/mol. The summed E-state index contributed by atoms with van der Waals surface area (Å²) < 4.78 is 43.1. The van der Waals surface area contributed by atoms with Crippen molar-refractivity contribution in [3.8, 4) is 22.6 Å². The third-order valence-corrected chi connectivity index (χ3v) is 10.2. The average molecular weight is 701 g/mol. The molecule has 4 rings (SSSR count). The van der Waals surface area contributed by atoms with Crippen LogP contribution in [0.15, 0.2) is 99.6 Å². The van der Waals surface area contributed by atoms with Crippen LogP contribution < -0.4 is 34.3 Å². The molecule has 0 aromatic heterocycles. The molecule has 0 aliphatic carbocycles. The summed E-state index contributed by atoms with van der Waals surface area (Å²) in [7, 11) is -4.85. The van der Waals surface area contributed by atoms with Crippen molar-refractivity contribution in [1.29, 1.82) is 0 Å². The average Bonchev–Trinajstić information content (AvgIpc) is 3.06. The van der Waals surface area contributed by atoms with Crippen LogP contribution in [0.1, 0.15) is 88.0 Å². The Morgan fingerprint density at radius 3 is 2.23 bits per heavy atom. The van der Waals surface area contributed by atoms with Crippen LogP contribution in [0.5, 0.6) is 11.5 Å². The van der Waals surface area contributed by atoms with Crippen molar-refractivity contribution in [2.24, 2.45) is 0 Å². The summed E-state index contributed by atoms with van der Waals surface area (Å²) in [5.41, 5.74) is 2.46. The molecule has 10 heteroatoms. The molecule has 48 heavy (non-hydrogen) atoms. The van der Waals surface area contributed by atoms with Crippen molar-refractivity contribution >= 4 is 21.9 Å². The molecule has 0 saturated carbocycles. The number of unbranched alkanes of at least 4 members (excludes halogenated alkanes) is 5. The molecule has 4 aromatic carbocycles. The number of phenols is 1. The van der Waals surface area contributed by atoms with E-state index in [4.69, 9.17) is 4.74 Å². The summed E-state index contributed by atoms with van der Waals surface area (Å²) in [5, 5.41) is 32.9. The van der Waals surface area contributed by atoms with Gasteiger partial charge in [-0.1, -0.05) is 101 Å². The number of rotatable bonds is 18. The number of hydrogen-bond donors (Lipinski definition) is 3. The Morgan fingerprint density at radius 2 is 1.52 bits per heavy atom. The van der Waals surface area contributed by atoms with E-state index in [1.165, 1.54) is 36.7 Å². The maximum atomic E-state index is 12.5. The van der Waals surface area contributed by atoms with E-state index < -0.39 is 22.3 Å². The summed E-state index contributed by atoms with van der Waals surface area (Å²) in [6.07, 6.45) is 6.82. The Labute approximate surface area is 311 Å². The van der Waals surface area contributed by atoms with E-state index in [1.807, 2.05) is 24.3 Å². The van der Waals surface area contributed by atoms with E-state index in [1.54, 1.807) is 48.5 Å². The van der Waals surface area contributed by atoms with Crippen LogP contribution in [-0.2, 0) is 16.5 Å². The van der Waals surface area contributed by atoms with Gasteiger partial charge in [0.05, 0.1) is 17.6 Å². The summed E-state index contributed by atoms with van der Waals surface area (Å²) in [5.74, 6) is 0.622. The Balaban J connectivity index is 0.00000625. The zero-order valence-corrected chi connectivity index (χ0v) is 31.7. The molecule has 0 radical (unpaired) electrons. The van der Waals surface area contributed by atoms with Crippen molar-refractivity contribution in [3.05, 3.63) is 102 Å². The van der Waals surface area contributed by atoms with E-state index in [0.29, 0.717) is 36.1 Å². The second-order valence-electron chi connectivity index (χ2n) is 11.8. The maximum Gasteiger partial charge on any atom is 1.00 e. The fraction of sp³-hybridized carbons (Fsp3) is 0.368. The van der Waals surface area contributed by atoms with E-state index in [2.05, 4.69) is 13.8 Å². The van der Waals surface area contributed by atoms with Crippen molar-refractivity contribution < 1.29 is 62.6 Å². The van der Waals surface area contributed by atoms with Crippen LogP contribution in [0.25, 0.3) is 11.1 Å². The molecule has 7 nitrogen and oxygen atoms in total. The molecular weight excluding hydrogens is 656 g/mol. The molecule has 252 valence electrons. The van der Waals surface area contributed by atoms with Gasteiger partial charge < -0.3 is 24.6 Å². The number of aromatic hydroxyl groups is 1. The topological polar surface area (TPSA) is 127 Å². The molecular formula is C38H45NaO7S2. The molecule has 3 N–H and O–H groups in total. The standard InChI is InChI=1S/C38H46O7S2.Na/c1-3-5-7-8-9-12-29(39)24-27-15-21-35(40)34(25-27)38(41)33-14-11-10-13-32(33)28-16-22-36(37(26-28)47(42,43)44)46-31-19-17-30(18-20-31)45-23-6-4-2;/h10-11,13-22,25-26,29,38-41H,3-9,12,23-24H2,1-2H3,(H,42,43,44);/q;+1/p-1. The molecule has 0 aliphatic heterocycles. The second kappa shape index (κ2) is 19.7. The van der Waals surface area contributed by atoms with Crippen LogP contribution in [0.4, 0.5) is 0 Å². The van der Waals surface area contributed by atoms with Crippen LogP contribution in [0, 0.1) is 0 Å². The molecule has 0 amide bonds. The zero-order valence-electron chi connectivity index (χ0n) is 28.1. The van der Waals surface area contributed by atoms with Crippen LogP contribution in [0.3, 0.4) is 0 Å². The largest absolute Gasteiger partial charge is 1.00 e. The Kier molecular flexibility index (Phi) is 16.5. The van der Waals surface area contributed by atoms with Gasteiger partial charge in [-0.15, -0.1) is 0 Å². The van der Waals surface area contributed by atoms with E-state index in [-0.39, 0.29) is 50.7 Å². The van der Waals surface area contributed by atoms with Crippen molar-refractivity contribution in [1.82, 2.24) is 0 Å². The third-order valence-electron chi connectivity index (χ3n) is 8.10. The third kappa shape index (κ3) is 11.6. The van der Waals surface area contributed by atoms with Crippen molar-refractivity contribution in [3.63, 3.8) is 0 Å². The normalized spacial score (nSPS) is 12.7. The fourth-order valence-corrected chi connectivity index (χ4v) is 7.33. The van der Waals surface area contributed by atoms with Crippen molar-refractivity contribution in [2.75, 3.05) is 6.61 Å². The number of ether oxygens (including phenoxy) is 1. The quantitative estimate of drug-likeness (QED) is 0.0692. The Morgan fingerprint density at radius 1 is 0.812 bits per heavy atom. The number of aliphatic hydroxyl groups is 2. The number of phenolic OH excluding ortho intramolecular Hbond substituents is 1. The van der Waals surface area contributed by atoms with Gasteiger partial charge in [-0.2, -0.15) is 0 Å². The smallest absolute Gasteiger partial charge is 0.744 e. The van der Waals surface area contributed by atoms with Gasteiger partial charge in [-0.3, -0.25) is 0 Å². The van der Waals surface area contributed by atoms with E-state index in [0.717, 1.165) is 48.3 Å². The van der Waals surface area contributed by atoms with E-state index >= 15 is 0 Å². The van der Waals surface area contributed by atoms with Crippen LogP contribution in [0.2, 0.25) is 0 Å². The van der Waals surface area contributed by atoms with Gasteiger partial charge in [0.1, 0.15) is 27.7 Å². The summed E-state index contributed by atoms with van der Waals surface area (Å²) in [4.78, 5) is 0.676. The van der Waals surface area contributed by atoms with Crippen LogP contribution in [-0.4, -0.2) is 41.0 Å². The molecule has 0 aliphatic rings. The molecule has 0 fully saturated rings. The first-order chi connectivity index (χ1) is 22.6. The first-order valence-corrected chi connectivity index (χ1v) is 18.6. The fourth-order valence-electron chi connectivity index (χ4n) is 5.49. The minimum absolute atomic E-state index is 0. The number of aliphatic hydroxyl groups excluding tert-OH is 2. The van der Waals surface area contributed by atoms with Gasteiger partial charge in [0.25, 0.3) is 0 Å². The first-order valence-electron chi connectivity index (χ1n) is 16.4. The number of benzene rings is 4. The first kappa shape index (κ1) is 40.1. The molecule has 0 heterocycles. The zero-order chi connectivity index (χ0) is 33.8. The number of hydrogen-bond acceptors (Lipinski definition) is 8. The molecule has 4 aromatic rings. The minimum atomic E-state index is -4.85. The van der Waals surface area contributed by atoms with E-state index in [9.17, 15) is 28.3 Å². The Bertz CT molecular complexity index is 1690. The Hall–Kier alpha value is -2.34. The molecule has 2 atom stereocenters. The maximum absolute atomic E-state index is 12.5. The molecule has 0 saturated heterocycles. The summed E-state index contributed by atoms with van der Waals surface area (Å²) >= 11 is 1.17. The molecule has 2 unspecified atom stereocenters. The molecule has 0 bridgehead atoms. The van der Waals surface area contributed by atoms with Gasteiger partial charge in [-0.05, 0) is 90.0 Å². The van der Waals surface area contributed by atoms with Gasteiger partial charge in [0.15, 0.2) is 0 Å².